The van der Waals surface area contributed by atoms with Gasteiger partial charge in [-0.2, -0.15) is 4.57 Å². The van der Waals surface area contributed by atoms with E-state index in [-0.39, 0.29) is 35.1 Å². The number of halogens is 1. The largest absolute Gasteiger partial charge is 1.00 e. The average molecular weight is 581 g/mol. The smallest absolute Gasteiger partial charge is 0.405 e. The van der Waals surface area contributed by atoms with E-state index in [9.17, 15) is 9.59 Å². The van der Waals surface area contributed by atoms with E-state index in [0.29, 0.717) is 17.0 Å². The van der Waals surface area contributed by atoms with E-state index in [1.807, 2.05) is 79.1 Å². The second-order valence-electron chi connectivity index (χ2n) is 7.64. The molecule has 36 heavy (non-hydrogen) atoms. The molecule has 0 aliphatic rings. The highest BCUT2D eigenvalue weighted by molar-refractivity contribution is 8.22. The molecule has 0 unspecified atom stereocenters. The van der Waals surface area contributed by atoms with Crippen LogP contribution in [0, 0.1) is 0 Å². The summed E-state index contributed by atoms with van der Waals surface area (Å²) in [7, 11) is 0. The molecule has 3 aromatic carbocycles. The van der Waals surface area contributed by atoms with Crippen molar-refractivity contribution in [1.29, 1.82) is 0 Å². The quantitative estimate of drug-likeness (QED) is 0.125. The minimum atomic E-state index is -0.413. The molecule has 0 fully saturated rings. The summed E-state index contributed by atoms with van der Waals surface area (Å²) in [6.45, 7) is 2.06. The Morgan fingerprint density at radius 2 is 1.47 bits per heavy atom. The van der Waals surface area contributed by atoms with E-state index in [1.165, 1.54) is 28.1 Å². The molecule has 0 amide bonds. The number of aromatic nitrogens is 1. The molecule has 0 aliphatic carbocycles. The first-order valence-electron chi connectivity index (χ1n) is 11.4. The van der Waals surface area contributed by atoms with Crippen LogP contribution in [0.1, 0.15) is 22.8 Å². The maximum Gasteiger partial charge on any atom is 0.405 e. The number of ether oxygens (including phenoxy) is 1. The molecule has 0 aliphatic heterocycles. The highest BCUT2D eigenvalue weighted by atomic mass is 79.9. The van der Waals surface area contributed by atoms with Gasteiger partial charge in [0, 0.05) is 23.4 Å². The first-order chi connectivity index (χ1) is 17.2. The molecule has 4 nitrogen and oxygen atoms in total. The molecule has 4 rings (SSSR count). The van der Waals surface area contributed by atoms with Crippen molar-refractivity contribution in [3.05, 3.63) is 119 Å². The summed E-state index contributed by atoms with van der Waals surface area (Å²) in [5.74, 6) is 0.474. The number of pyridine rings is 1. The Morgan fingerprint density at radius 1 is 0.806 bits per heavy atom. The van der Waals surface area contributed by atoms with Crippen LogP contribution in [0.2, 0.25) is 0 Å². The third-order valence-corrected chi connectivity index (χ3v) is 7.78. The van der Waals surface area contributed by atoms with Crippen molar-refractivity contribution >= 4 is 51.7 Å². The summed E-state index contributed by atoms with van der Waals surface area (Å²) < 4.78 is 7.94. The first kappa shape index (κ1) is 27.7. The Kier molecular flexibility index (Phi) is 10.8. The van der Waals surface area contributed by atoms with Crippen LogP contribution < -0.4 is 21.5 Å². The predicted octanol–water partition coefficient (Wildman–Crippen LogP) is 3.37. The molecule has 0 spiro atoms. The summed E-state index contributed by atoms with van der Waals surface area (Å²) >= 11 is 2.93. The monoisotopic (exact) mass is 579 g/mol. The Hall–Kier alpha value is -2.87. The number of esters is 1. The molecule has 0 N–H and O–H groups in total. The standard InChI is InChI=1S/C29H26NO3S2.BrH/c1-2-33-28(32)27(30-18-9-4-10-19-30)29(35-21-26(31)23-13-5-3-6-14-23)34-20-24-16-11-15-22-12-7-8-17-25(22)24;/h3-19H,2,20-21H2,1H3;1H/q+1;/p-1/b29-27-;. The maximum atomic E-state index is 13.1. The fraction of sp³-hybridized carbons (Fsp3) is 0.138. The van der Waals surface area contributed by atoms with Gasteiger partial charge < -0.3 is 21.7 Å². The number of thioether (sulfide) groups is 2. The number of hydrogen-bond acceptors (Lipinski definition) is 5. The van der Waals surface area contributed by atoms with Crippen LogP contribution >= 0.6 is 23.5 Å². The number of carbonyl (C=O) groups excluding carboxylic acids is 2. The van der Waals surface area contributed by atoms with Crippen LogP contribution in [-0.2, 0) is 15.3 Å². The molecule has 0 saturated heterocycles. The van der Waals surface area contributed by atoms with Gasteiger partial charge in [-0.05, 0) is 23.3 Å². The van der Waals surface area contributed by atoms with E-state index in [2.05, 4.69) is 24.3 Å². The van der Waals surface area contributed by atoms with Crippen molar-refractivity contribution in [2.24, 2.45) is 0 Å². The fourth-order valence-electron chi connectivity index (χ4n) is 3.62. The molecule has 0 radical (unpaired) electrons. The van der Waals surface area contributed by atoms with Gasteiger partial charge >= 0.3 is 11.7 Å². The van der Waals surface area contributed by atoms with E-state index >= 15 is 0 Å². The number of hydrogen-bond donors (Lipinski definition) is 0. The van der Waals surface area contributed by atoms with Crippen molar-refractivity contribution in [1.82, 2.24) is 0 Å². The maximum absolute atomic E-state index is 13.1. The summed E-state index contributed by atoms with van der Waals surface area (Å²) in [5, 5.41) is 2.35. The molecule has 0 bridgehead atoms. The van der Waals surface area contributed by atoms with E-state index in [1.54, 1.807) is 23.3 Å². The molecule has 0 atom stereocenters. The predicted molar refractivity (Wildman–Crippen MR) is 145 cm³/mol. The minimum Gasteiger partial charge on any atom is -1.00 e. The average Bonchev–Trinajstić information content (AvgIpc) is 2.91. The Morgan fingerprint density at radius 3 is 2.22 bits per heavy atom. The number of ketones is 1. The lowest BCUT2D eigenvalue weighted by molar-refractivity contribution is -0.578. The number of rotatable bonds is 10. The van der Waals surface area contributed by atoms with Crippen LogP contribution in [-0.4, -0.2) is 24.1 Å². The van der Waals surface area contributed by atoms with Gasteiger partial charge in [-0.1, -0.05) is 78.9 Å². The van der Waals surface area contributed by atoms with Crippen LogP contribution in [0.25, 0.3) is 16.5 Å². The van der Waals surface area contributed by atoms with E-state index in [4.69, 9.17) is 4.74 Å². The summed E-state index contributed by atoms with van der Waals surface area (Å²) in [5.41, 5.74) is 2.24. The second kappa shape index (κ2) is 14.0. The number of nitrogens with zero attached hydrogens (tertiary/aromatic N) is 1. The Balaban J connectivity index is 0.00000361. The summed E-state index contributed by atoms with van der Waals surface area (Å²) in [6.07, 6.45) is 3.65. The Labute approximate surface area is 230 Å². The van der Waals surface area contributed by atoms with Gasteiger partial charge in [-0.25, -0.2) is 4.79 Å². The van der Waals surface area contributed by atoms with Gasteiger partial charge in [-0.15, -0.1) is 23.5 Å². The van der Waals surface area contributed by atoms with Crippen LogP contribution in [0.5, 0.6) is 0 Å². The third-order valence-electron chi connectivity index (χ3n) is 5.30. The normalized spacial score (nSPS) is 11.4. The van der Waals surface area contributed by atoms with Crippen molar-refractivity contribution < 1.29 is 35.9 Å². The van der Waals surface area contributed by atoms with Gasteiger partial charge in [0.15, 0.2) is 18.2 Å². The zero-order chi connectivity index (χ0) is 24.5. The van der Waals surface area contributed by atoms with Crippen molar-refractivity contribution in [3.8, 4) is 0 Å². The van der Waals surface area contributed by atoms with Crippen molar-refractivity contribution in [2.75, 3.05) is 12.4 Å². The number of fused-ring (bicyclic) bond motifs is 1. The van der Waals surface area contributed by atoms with Crippen LogP contribution in [0.3, 0.4) is 0 Å². The van der Waals surface area contributed by atoms with Gasteiger partial charge in [-0.3, -0.25) is 4.79 Å². The van der Waals surface area contributed by atoms with Crippen molar-refractivity contribution in [2.45, 2.75) is 12.7 Å². The lowest BCUT2D eigenvalue weighted by Crippen LogP contribution is -3.00. The molecule has 4 aromatic rings. The van der Waals surface area contributed by atoms with Gasteiger partial charge in [0.25, 0.3) is 0 Å². The highest BCUT2D eigenvalue weighted by Gasteiger charge is 2.28. The fourth-order valence-corrected chi connectivity index (χ4v) is 5.92. The minimum absolute atomic E-state index is 0. The molecular weight excluding hydrogens is 554 g/mol. The molecule has 1 aromatic heterocycles. The Bertz CT molecular complexity index is 1340. The summed E-state index contributed by atoms with van der Waals surface area (Å²) in [6, 6.07) is 29.4. The molecule has 1 heterocycles. The molecule has 0 saturated carbocycles. The van der Waals surface area contributed by atoms with Crippen molar-refractivity contribution in [3.63, 3.8) is 0 Å². The SMILES string of the molecule is CCOC(=O)/C(=C(/SCC(=O)c1ccccc1)SCc1cccc2ccccc12)[n+]1ccccc1.[Br-]. The van der Waals surface area contributed by atoms with Crippen LogP contribution in [0.15, 0.2) is 108 Å². The number of Topliss-reactive ketones (excluding diaryl/α,β-unsaturated/α-hetero) is 1. The first-order valence-corrected chi connectivity index (χ1v) is 13.3. The zero-order valence-corrected chi connectivity index (χ0v) is 23.0. The van der Waals surface area contributed by atoms with Crippen LogP contribution in [0.4, 0.5) is 0 Å². The molecule has 7 heteroatoms. The highest BCUT2D eigenvalue weighted by Crippen LogP contribution is 2.36. The third kappa shape index (κ3) is 7.09. The number of benzene rings is 3. The topological polar surface area (TPSA) is 47.3 Å². The van der Waals surface area contributed by atoms with Gasteiger partial charge in [0.1, 0.15) is 4.24 Å². The molecule has 184 valence electrons. The lowest BCUT2D eigenvalue weighted by atomic mass is 10.1. The van der Waals surface area contributed by atoms with Gasteiger partial charge in [0.05, 0.1) is 12.4 Å². The lowest BCUT2D eigenvalue weighted by Gasteiger charge is -2.11. The zero-order valence-electron chi connectivity index (χ0n) is 19.8. The second-order valence-corrected chi connectivity index (χ2v) is 9.87. The van der Waals surface area contributed by atoms with E-state index in [0.717, 1.165) is 4.24 Å². The molecular formula is C29H26BrNO3S2. The summed E-state index contributed by atoms with van der Waals surface area (Å²) in [4.78, 5) is 26.0. The number of carbonyl (C=O) groups is 2. The van der Waals surface area contributed by atoms with E-state index < -0.39 is 5.97 Å². The van der Waals surface area contributed by atoms with Gasteiger partial charge in [0.2, 0.25) is 0 Å².